The molecule has 2 N–H and O–H groups in total. The monoisotopic (exact) mass is 508 g/mol. The van der Waals surface area contributed by atoms with Crippen LogP contribution in [-0.4, -0.2) is 66.6 Å². The lowest BCUT2D eigenvalue weighted by Gasteiger charge is -2.31. The van der Waals surface area contributed by atoms with Gasteiger partial charge in [0.1, 0.15) is 17.6 Å². The van der Waals surface area contributed by atoms with E-state index >= 15 is 0 Å². The predicted molar refractivity (Wildman–Crippen MR) is 132 cm³/mol. The third-order valence-electron chi connectivity index (χ3n) is 5.66. The van der Waals surface area contributed by atoms with Crippen LogP contribution >= 0.6 is 0 Å². The largest absolute Gasteiger partial charge is 0.503 e. The van der Waals surface area contributed by atoms with Gasteiger partial charge in [0.25, 0.3) is 5.91 Å². The molecule has 3 aromatic rings. The van der Waals surface area contributed by atoms with Crippen LogP contribution in [0.3, 0.4) is 0 Å². The maximum absolute atomic E-state index is 13.0. The SMILES string of the molecule is COc1ccnc(C(=O)NC2COCC(Oc3ccccc3)C(Oc3ccccc3)C(C)OC2=O)c1O. The second kappa shape index (κ2) is 12.1. The lowest BCUT2D eigenvalue weighted by atomic mass is 10.1. The fourth-order valence-electron chi connectivity index (χ4n) is 3.80. The topological polar surface area (TPSA) is 125 Å². The molecule has 0 aliphatic carbocycles. The van der Waals surface area contributed by atoms with Crippen molar-refractivity contribution in [3.8, 4) is 23.0 Å². The summed E-state index contributed by atoms with van der Waals surface area (Å²) >= 11 is 0. The van der Waals surface area contributed by atoms with Crippen LogP contribution in [0.2, 0.25) is 0 Å². The molecule has 2 heterocycles. The van der Waals surface area contributed by atoms with Crippen molar-refractivity contribution in [1.82, 2.24) is 10.3 Å². The number of carbonyl (C=O) groups excluding carboxylic acids is 2. The van der Waals surface area contributed by atoms with Crippen LogP contribution in [0.1, 0.15) is 17.4 Å². The van der Waals surface area contributed by atoms with E-state index in [4.69, 9.17) is 23.7 Å². The second-order valence-corrected chi connectivity index (χ2v) is 8.28. The minimum Gasteiger partial charge on any atom is -0.503 e. The predicted octanol–water partition coefficient (Wildman–Crippen LogP) is 2.75. The lowest BCUT2D eigenvalue weighted by molar-refractivity contribution is -0.156. The van der Waals surface area contributed by atoms with Crippen LogP contribution in [0.15, 0.2) is 72.9 Å². The molecule has 4 rings (SSSR count). The molecule has 1 aliphatic heterocycles. The normalized spacial score (nSPS) is 21.9. The standard InChI is InChI=1S/C27H28N2O8/c1-17-25(37-19-11-7-4-8-12-19)22(36-18-9-5-3-6-10-18)16-34-15-20(27(32)35-17)29-26(31)23-24(30)21(33-2)13-14-28-23/h3-14,17,20,22,25,30H,15-16H2,1-2H3,(H,29,31). The number of hydrogen-bond acceptors (Lipinski definition) is 9. The Morgan fingerprint density at radius 2 is 1.65 bits per heavy atom. The highest BCUT2D eigenvalue weighted by atomic mass is 16.6. The number of rotatable bonds is 7. The quantitative estimate of drug-likeness (QED) is 0.464. The zero-order valence-electron chi connectivity index (χ0n) is 20.4. The van der Waals surface area contributed by atoms with Crippen molar-refractivity contribution in [3.63, 3.8) is 0 Å². The number of para-hydroxylation sites is 2. The van der Waals surface area contributed by atoms with Crippen LogP contribution in [0, 0.1) is 0 Å². The van der Waals surface area contributed by atoms with Gasteiger partial charge in [-0.15, -0.1) is 0 Å². The molecular formula is C27H28N2O8. The molecule has 0 radical (unpaired) electrons. The number of nitrogens with zero attached hydrogens (tertiary/aromatic N) is 1. The summed E-state index contributed by atoms with van der Waals surface area (Å²) in [4.78, 5) is 29.8. The van der Waals surface area contributed by atoms with E-state index in [0.717, 1.165) is 0 Å². The molecule has 0 saturated carbocycles. The van der Waals surface area contributed by atoms with Crippen LogP contribution in [-0.2, 0) is 14.3 Å². The summed E-state index contributed by atoms with van der Waals surface area (Å²) < 4.78 is 28.9. The highest BCUT2D eigenvalue weighted by molar-refractivity contribution is 5.98. The van der Waals surface area contributed by atoms with E-state index in [9.17, 15) is 14.7 Å². The molecule has 1 aliphatic rings. The molecule has 10 heteroatoms. The zero-order chi connectivity index (χ0) is 26.2. The lowest BCUT2D eigenvalue weighted by Crippen LogP contribution is -2.48. The van der Waals surface area contributed by atoms with Gasteiger partial charge in [0.15, 0.2) is 35.4 Å². The zero-order valence-corrected chi connectivity index (χ0v) is 20.4. The van der Waals surface area contributed by atoms with E-state index in [1.165, 1.54) is 19.4 Å². The summed E-state index contributed by atoms with van der Waals surface area (Å²) in [6, 6.07) is 18.5. The Kier molecular flexibility index (Phi) is 8.42. The number of cyclic esters (lactones) is 1. The van der Waals surface area contributed by atoms with Gasteiger partial charge in [-0.1, -0.05) is 36.4 Å². The molecular weight excluding hydrogens is 480 g/mol. The fourth-order valence-corrected chi connectivity index (χ4v) is 3.80. The van der Waals surface area contributed by atoms with E-state index in [1.807, 2.05) is 36.4 Å². The van der Waals surface area contributed by atoms with Crippen molar-refractivity contribution in [2.24, 2.45) is 0 Å². The van der Waals surface area contributed by atoms with Gasteiger partial charge in [-0.05, 0) is 31.2 Å². The molecule has 1 saturated heterocycles. The van der Waals surface area contributed by atoms with Crippen molar-refractivity contribution in [2.75, 3.05) is 20.3 Å². The number of carbonyl (C=O) groups is 2. The Bertz CT molecular complexity index is 1190. The molecule has 10 nitrogen and oxygen atoms in total. The van der Waals surface area contributed by atoms with Crippen molar-refractivity contribution >= 4 is 11.9 Å². The molecule has 0 bridgehead atoms. The van der Waals surface area contributed by atoms with Crippen LogP contribution in [0.5, 0.6) is 23.0 Å². The number of amides is 1. The van der Waals surface area contributed by atoms with Crippen molar-refractivity contribution in [3.05, 3.63) is 78.6 Å². The summed E-state index contributed by atoms with van der Waals surface area (Å²) in [6.45, 7) is 1.53. The number of methoxy groups -OCH3 is 1. The maximum atomic E-state index is 13.0. The molecule has 4 unspecified atom stereocenters. The first-order valence-electron chi connectivity index (χ1n) is 11.7. The van der Waals surface area contributed by atoms with Gasteiger partial charge in [0.2, 0.25) is 0 Å². The number of pyridine rings is 1. The Morgan fingerprint density at radius 1 is 1.00 bits per heavy atom. The number of aromatic nitrogens is 1. The van der Waals surface area contributed by atoms with E-state index in [2.05, 4.69) is 10.3 Å². The number of aromatic hydroxyl groups is 1. The average Bonchev–Trinajstić information content (AvgIpc) is 2.95. The van der Waals surface area contributed by atoms with Gasteiger partial charge >= 0.3 is 5.97 Å². The van der Waals surface area contributed by atoms with E-state index in [0.29, 0.717) is 11.5 Å². The third-order valence-corrected chi connectivity index (χ3v) is 5.66. The summed E-state index contributed by atoms with van der Waals surface area (Å²) in [5.41, 5.74) is -0.296. The number of hydrogen-bond donors (Lipinski definition) is 2. The average molecular weight is 509 g/mol. The third kappa shape index (κ3) is 6.47. The van der Waals surface area contributed by atoms with Crippen molar-refractivity contribution in [1.29, 1.82) is 0 Å². The van der Waals surface area contributed by atoms with Gasteiger partial charge in [0, 0.05) is 12.3 Å². The van der Waals surface area contributed by atoms with Gasteiger partial charge in [-0.25, -0.2) is 9.78 Å². The molecule has 0 spiro atoms. The molecule has 37 heavy (non-hydrogen) atoms. The molecule has 2 aromatic carbocycles. The first-order valence-corrected chi connectivity index (χ1v) is 11.7. The Labute approximate surface area is 214 Å². The van der Waals surface area contributed by atoms with Gasteiger partial charge in [0.05, 0.1) is 20.3 Å². The van der Waals surface area contributed by atoms with E-state index in [1.54, 1.807) is 31.2 Å². The summed E-state index contributed by atoms with van der Waals surface area (Å²) in [7, 11) is 1.35. The highest BCUT2D eigenvalue weighted by Gasteiger charge is 2.38. The fraction of sp³-hybridized carbons (Fsp3) is 0.296. The van der Waals surface area contributed by atoms with E-state index < -0.39 is 42.0 Å². The van der Waals surface area contributed by atoms with Crippen molar-refractivity contribution in [2.45, 2.75) is 31.3 Å². The summed E-state index contributed by atoms with van der Waals surface area (Å²) in [5, 5.41) is 12.8. The number of nitrogens with one attached hydrogen (secondary N) is 1. The number of ether oxygens (including phenoxy) is 5. The summed E-state index contributed by atoms with van der Waals surface area (Å²) in [6.07, 6.45) is -0.843. The van der Waals surface area contributed by atoms with Crippen molar-refractivity contribution < 1.29 is 38.4 Å². The molecule has 4 atom stereocenters. The van der Waals surface area contributed by atoms with E-state index in [-0.39, 0.29) is 24.7 Å². The maximum Gasteiger partial charge on any atom is 0.331 e. The molecule has 1 amide bonds. The minimum absolute atomic E-state index is 0.0441. The van der Waals surface area contributed by atoms with Gasteiger partial charge < -0.3 is 34.1 Å². The van der Waals surface area contributed by atoms with Crippen LogP contribution in [0.25, 0.3) is 0 Å². The Hall–Kier alpha value is -4.31. The second-order valence-electron chi connectivity index (χ2n) is 8.28. The first-order chi connectivity index (χ1) is 18.0. The van der Waals surface area contributed by atoms with Crippen LogP contribution in [0.4, 0.5) is 0 Å². The first kappa shape index (κ1) is 25.8. The Morgan fingerprint density at radius 3 is 2.30 bits per heavy atom. The van der Waals surface area contributed by atoms with Crippen LogP contribution < -0.4 is 19.5 Å². The highest BCUT2D eigenvalue weighted by Crippen LogP contribution is 2.28. The molecule has 1 fully saturated rings. The van der Waals surface area contributed by atoms with Gasteiger partial charge in [-0.2, -0.15) is 0 Å². The Balaban J connectivity index is 1.54. The number of benzene rings is 2. The summed E-state index contributed by atoms with van der Waals surface area (Å²) in [5.74, 6) is -0.723. The minimum atomic E-state index is -1.17. The molecule has 194 valence electrons. The number of esters is 1. The molecule has 1 aromatic heterocycles. The van der Waals surface area contributed by atoms with Gasteiger partial charge in [-0.3, -0.25) is 4.79 Å². The smallest absolute Gasteiger partial charge is 0.331 e.